The molecule has 0 N–H and O–H groups in total. The highest BCUT2D eigenvalue weighted by molar-refractivity contribution is 5.80. The fourth-order valence-electron chi connectivity index (χ4n) is 3.67. The second-order valence-electron chi connectivity index (χ2n) is 7.05. The maximum Gasteiger partial charge on any atom is 0.232 e. The summed E-state index contributed by atoms with van der Waals surface area (Å²) in [5.41, 5.74) is 1.82. The van der Waals surface area contributed by atoms with Crippen molar-refractivity contribution in [1.82, 2.24) is 15.0 Å². The highest BCUT2D eigenvalue weighted by atomic mass is 16.5. The molecule has 0 saturated carbocycles. The number of rotatable bonds is 6. The zero-order chi connectivity index (χ0) is 20.4. The number of para-hydroxylation sites is 1. The quantitative estimate of drug-likeness (QED) is 0.633. The largest absolute Gasteiger partial charge is 0.497 e. The SMILES string of the molecule is COc1ccc(C(C)N2CC(c3nc(-c4ccccc4OC)no3)CC2=O)cc1. The number of carbonyl (C=O) groups is 1. The Kier molecular flexibility index (Phi) is 5.20. The molecular weight excluding hydrogens is 370 g/mol. The first-order valence-corrected chi connectivity index (χ1v) is 9.51. The summed E-state index contributed by atoms with van der Waals surface area (Å²) < 4.78 is 16.1. The smallest absolute Gasteiger partial charge is 0.232 e. The van der Waals surface area contributed by atoms with E-state index in [-0.39, 0.29) is 17.9 Å². The van der Waals surface area contributed by atoms with Crippen molar-refractivity contribution in [2.24, 2.45) is 0 Å². The van der Waals surface area contributed by atoms with Crippen molar-refractivity contribution in [3.05, 3.63) is 60.0 Å². The van der Waals surface area contributed by atoms with Crippen molar-refractivity contribution in [3.63, 3.8) is 0 Å². The normalized spacial score (nSPS) is 17.4. The van der Waals surface area contributed by atoms with Gasteiger partial charge in [0.2, 0.25) is 17.6 Å². The summed E-state index contributed by atoms with van der Waals surface area (Å²) in [6, 6.07) is 15.2. The van der Waals surface area contributed by atoms with E-state index < -0.39 is 0 Å². The highest BCUT2D eigenvalue weighted by Gasteiger charge is 2.37. The molecule has 2 atom stereocenters. The molecule has 1 aromatic heterocycles. The van der Waals surface area contributed by atoms with Crippen molar-refractivity contribution in [2.45, 2.75) is 25.3 Å². The first-order chi connectivity index (χ1) is 14.1. The molecule has 29 heavy (non-hydrogen) atoms. The minimum absolute atomic E-state index is 0.0463. The Bertz CT molecular complexity index is 999. The van der Waals surface area contributed by atoms with E-state index in [0.717, 1.165) is 16.9 Å². The summed E-state index contributed by atoms with van der Waals surface area (Å²) in [5.74, 6) is 2.36. The van der Waals surface area contributed by atoms with E-state index >= 15 is 0 Å². The van der Waals surface area contributed by atoms with E-state index in [1.807, 2.05) is 60.4 Å². The number of benzene rings is 2. The summed E-state index contributed by atoms with van der Waals surface area (Å²) in [5, 5.41) is 4.10. The third kappa shape index (κ3) is 3.68. The minimum atomic E-state index is -0.126. The Hall–Kier alpha value is -3.35. The number of amides is 1. The summed E-state index contributed by atoms with van der Waals surface area (Å²) >= 11 is 0. The van der Waals surface area contributed by atoms with Crippen LogP contribution in [0.15, 0.2) is 53.1 Å². The van der Waals surface area contributed by atoms with Crippen LogP contribution in [0.3, 0.4) is 0 Å². The predicted molar refractivity (Wildman–Crippen MR) is 107 cm³/mol. The van der Waals surface area contributed by atoms with Gasteiger partial charge in [-0.05, 0) is 36.8 Å². The van der Waals surface area contributed by atoms with Gasteiger partial charge in [0.15, 0.2) is 0 Å². The molecule has 1 fully saturated rings. The van der Waals surface area contributed by atoms with Crippen LogP contribution in [0, 0.1) is 0 Å². The number of carbonyl (C=O) groups excluding carboxylic acids is 1. The number of ether oxygens (including phenoxy) is 2. The Balaban J connectivity index is 1.51. The van der Waals surface area contributed by atoms with Crippen molar-refractivity contribution in [3.8, 4) is 22.9 Å². The minimum Gasteiger partial charge on any atom is -0.497 e. The van der Waals surface area contributed by atoms with Crippen LogP contribution in [0.2, 0.25) is 0 Å². The lowest BCUT2D eigenvalue weighted by Crippen LogP contribution is -2.28. The van der Waals surface area contributed by atoms with Gasteiger partial charge in [-0.2, -0.15) is 4.98 Å². The van der Waals surface area contributed by atoms with Crippen LogP contribution >= 0.6 is 0 Å². The van der Waals surface area contributed by atoms with Crippen LogP contribution in [0.25, 0.3) is 11.4 Å². The Morgan fingerprint density at radius 1 is 1.10 bits per heavy atom. The third-order valence-corrected chi connectivity index (χ3v) is 5.36. The fraction of sp³-hybridized carbons (Fsp3) is 0.318. The molecule has 4 rings (SSSR count). The molecule has 7 nitrogen and oxygen atoms in total. The summed E-state index contributed by atoms with van der Waals surface area (Å²) in [6.45, 7) is 2.57. The van der Waals surface area contributed by atoms with Crippen LogP contribution in [-0.2, 0) is 4.79 Å². The average Bonchev–Trinajstić information content (AvgIpc) is 3.40. The molecule has 1 aliphatic rings. The number of hydrogen-bond donors (Lipinski definition) is 0. The molecule has 0 radical (unpaired) electrons. The third-order valence-electron chi connectivity index (χ3n) is 5.36. The van der Waals surface area contributed by atoms with E-state index in [4.69, 9.17) is 14.0 Å². The zero-order valence-corrected chi connectivity index (χ0v) is 16.7. The molecule has 2 heterocycles. The van der Waals surface area contributed by atoms with Gasteiger partial charge < -0.3 is 18.9 Å². The molecule has 2 aromatic carbocycles. The van der Waals surface area contributed by atoms with Crippen LogP contribution in [-0.4, -0.2) is 41.7 Å². The number of hydrogen-bond acceptors (Lipinski definition) is 6. The van der Waals surface area contributed by atoms with Crippen LogP contribution < -0.4 is 9.47 Å². The van der Waals surface area contributed by atoms with Gasteiger partial charge >= 0.3 is 0 Å². The number of nitrogens with zero attached hydrogens (tertiary/aromatic N) is 3. The number of methoxy groups -OCH3 is 2. The van der Waals surface area contributed by atoms with Gasteiger partial charge in [0.1, 0.15) is 11.5 Å². The lowest BCUT2D eigenvalue weighted by atomic mass is 10.1. The topological polar surface area (TPSA) is 77.7 Å². The first kappa shape index (κ1) is 19.0. The summed E-state index contributed by atoms with van der Waals surface area (Å²) in [6.07, 6.45) is 0.355. The molecule has 2 unspecified atom stereocenters. The lowest BCUT2D eigenvalue weighted by Gasteiger charge is -2.25. The standard InChI is InChI=1S/C22H23N3O4/c1-14(15-8-10-17(27-2)11-9-15)25-13-16(12-20(25)26)22-23-21(24-29-22)18-6-4-5-7-19(18)28-3/h4-11,14,16H,12-13H2,1-3H3. The summed E-state index contributed by atoms with van der Waals surface area (Å²) in [4.78, 5) is 19.1. The van der Waals surface area contributed by atoms with Crippen LogP contribution in [0.5, 0.6) is 11.5 Å². The van der Waals surface area contributed by atoms with Gasteiger partial charge in [-0.1, -0.05) is 29.4 Å². The monoisotopic (exact) mass is 393 g/mol. The number of aromatic nitrogens is 2. The molecule has 1 aliphatic heterocycles. The average molecular weight is 393 g/mol. The van der Waals surface area contributed by atoms with Crippen molar-refractivity contribution in [1.29, 1.82) is 0 Å². The maximum atomic E-state index is 12.7. The molecule has 0 aliphatic carbocycles. The van der Waals surface area contributed by atoms with Gasteiger partial charge in [-0.3, -0.25) is 4.79 Å². The zero-order valence-electron chi connectivity index (χ0n) is 16.7. The van der Waals surface area contributed by atoms with Gasteiger partial charge in [0.05, 0.1) is 31.7 Å². The van der Waals surface area contributed by atoms with E-state index in [2.05, 4.69) is 10.1 Å². The Labute approximate surface area is 169 Å². The maximum absolute atomic E-state index is 12.7. The summed E-state index contributed by atoms with van der Waals surface area (Å²) in [7, 11) is 3.24. The molecule has 0 spiro atoms. The highest BCUT2D eigenvalue weighted by Crippen LogP contribution is 2.35. The Morgan fingerprint density at radius 3 is 2.59 bits per heavy atom. The molecular formula is C22H23N3O4. The van der Waals surface area contributed by atoms with E-state index in [1.165, 1.54) is 0 Å². The van der Waals surface area contributed by atoms with E-state index in [9.17, 15) is 4.79 Å². The Morgan fingerprint density at radius 2 is 1.86 bits per heavy atom. The van der Waals surface area contributed by atoms with Crippen LogP contribution in [0.4, 0.5) is 0 Å². The molecule has 1 amide bonds. The van der Waals surface area contributed by atoms with Gasteiger partial charge in [-0.15, -0.1) is 0 Å². The van der Waals surface area contributed by atoms with Gasteiger partial charge in [-0.25, -0.2) is 0 Å². The molecule has 7 heteroatoms. The van der Waals surface area contributed by atoms with Crippen molar-refractivity contribution < 1.29 is 18.8 Å². The predicted octanol–water partition coefficient (Wildman–Crippen LogP) is 3.83. The van der Waals surface area contributed by atoms with Crippen LogP contribution in [0.1, 0.15) is 36.8 Å². The molecule has 1 saturated heterocycles. The molecule has 0 bridgehead atoms. The lowest BCUT2D eigenvalue weighted by molar-refractivity contribution is -0.129. The second kappa shape index (κ2) is 7.95. The van der Waals surface area contributed by atoms with E-state index in [1.54, 1.807) is 14.2 Å². The number of likely N-dealkylation sites (tertiary alicyclic amines) is 1. The molecule has 3 aromatic rings. The first-order valence-electron chi connectivity index (χ1n) is 9.51. The van der Waals surface area contributed by atoms with Gasteiger partial charge in [0.25, 0.3) is 0 Å². The van der Waals surface area contributed by atoms with Gasteiger partial charge in [0, 0.05) is 13.0 Å². The second-order valence-corrected chi connectivity index (χ2v) is 7.05. The van der Waals surface area contributed by atoms with E-state index in [0.29, 0.717) is 30.4 Å². The van der Waals surface area contributed by atoms with Crippen molar-refractivity contribution >= 4 is 5.91 Å². The fourth-order valence-corrected chi connectivity index (χ4v) is 3.67. The van der Waals surface area contributed by atoms with Crippen molar-refractivity contribution in [2.75, 3.05) is 20.8 Å². The molecule has 150 valence electrons.